The Labute approximate surface area is 157 Å². The van der Waals surface area contributed by atoms with Gasteiger partial charge in [-0.3, -0.25) is 14.5 Å². The highest BCUT2D eigenvalue weighted by atomic mass is 32.2. The third-order valence-electron chi connectivity index (χ3n) is 4.07. The number of para-hydroxylation sites is 2. The number of alkyl halides is 3. The number of carbonyl (C=O) groups excluding carboxylic acids is 2. The lowest BCUT2D eigenvalue weighted by Crippen LogP contribution is -2.64. The van der Waals surface area contributed by atoms with E-state index >= 15 is 0 Å². The zero-order chi connectivity index (χ0) is 19.8. The van der Waals surface area contributed by atoms with Gasteiger partial charge in [-0.2, -0.15) is 13.2 Å². The Bertz CT molecular complexity index is 876. The normalized spacial score (nSPS) is 22.4. The maximum absolute atomic E-state index is 14.0. The fourth-order valence-electron chi connectivity index (χ4n) is 2.87. The molecule has 2 aromatic rings. The number of benzene rings is 2. The standard InChI is InChI=1S/C18H15F3N2O3S/c1-11(24)23(12-7-3-2-4-8-12)15-16(25)22-13-9-5-6-10-14(13)27-17(15,26)18(19,20)21/h2-10,15,26H,1H3,(H,22,25). The van der Waals surface area contributed by atoms with Crippen LogP contribution in [-0.4, -0.2) is 34.1 Å². The second-order valence-corrected chi connectivity index (χ2v) is 7.18. The summed E-state index contributed by atoms with van der Waals surface area (Å²) < 4.78 is 41.9. The SMILES string of the molecule is CC(=O)N(c1ccccc1)C1C(=O)Nc2ccccc2SC1(O)C(F)(F)F. The third kappa shape index (κ3) is 3.40. The molecule has 1 aliphatic rings. The second kappa shape index (κ2) is 6.90. The molecule has 0 spiro atoms. The molecule has 0 fully saturated rings. The Morgan fingerprint density at radius 1 is 1.15 bits per heavy atom. The van der Waals surface area contributed by atoms with Crippen molar-refractivity contribution in [1.82, 2.24) is 0 Å². The number of nitrogens with one attached hydrogen (secondary N) is 1. The van der Waals surface area contributed by atoms with Crippen LogP contribution in [0.15, 0.2) is 59.5 Å². The second-order valence-electron chi connectivity index (χ2n) is 5.91. The van der Waals surface area contributed by atoms with Gasteiger partial charge in [0.2, 0.25) is 10.8 Å². The van der Waals surface area contributed by atoms with E-state index in [1.165, 1.54) is 42.5 Å². The van der Waals surface area contributed by atoms with E-state index in [2.05, 4.69) is 5.32 Å². The summed E-state index contributed by atoms with van der Waals surface area (Å²) in [5, 5.41) is 13.1. The fraction of sp³-hybridized carbons (Fsp3) is 0.222. The van der Waals surface area contributed by atoms with E-state index < -0.39 is 29.0 Å². The van der Waals surface area contributed by atoms with Crippen LogP contribution in [-0.2, 0) is 9.59 Å². The summed E-state index contributed by atoms with van der Waals surface area (Å²) in [4.78, 5) is 22.2. The first kappa shape index (κ1) is 19.2. The van der Waals surface area contributed by atoms with Gasteiger partial charge in [0.15, 0.2) is 6.04 Å². The molecule has 0 aliphatic carbocycles. The number of aliphatic hydroxyl groups is 1. The predicted octanol–water partition coefficient (Wildman–Crippen LogP) is 3.40. The van der Waals surface area contributed by atoms with E-state index in [9.17, 15) is 27.9 Å². The van der Waals surface area contributed by atoms with E-state index in [1.807, 2.05) is 0 Å². The van der Waals surface area contributed by atoms with Crippen molar-refractivity contribution in [2.75, 3.05) is 10.2 Å². The predicted molar refractivity (Wildman–Crippen MR) is 95.3 cm³/mol. The van der Waals surface area contributed by atoms with Gasteiger partial charge in [-0.15, -0.1) is 0 Å². The lowest BCUT2D eigenvalue weighted by atomic mass is 10.0. The lowest BCUT2D eigenvalue weighted by molar-refractivity contribution is -0.225. The molecule has 1 heterocycles. The molecular formula is C18H15F3N2O3S. The molecule has 0 radical (unpaired) electrons. The van der Waals surface area contributed by atoms with Gasteiger partial charge in [-0.05, 0) is 24.3 Å². The van der Waals surface area contributed by atoms with Gasteiger partial charge in [0, 0.05) is 17.5 Å². The molecule has 1 aliphatic heterocycles. The molecule has 9 heteroatoms. The summed E-state index contributed by atoms with van der Waals surface area (Å²) in [6.45, 7) is 1.04. The molecule has 27 heavy (non-hydrogen) atoms. The molecule has 2 unspecified atom stereocenters. The van der Waals surface area contributed by atoms with Crippen molar-refractivity contribution in [3.05, 3.63) is 54.6 Å². The first-order valence-electron chi connectivity index (χ1n) is 7.88. The topological polar surface area (TPSA) is 69.6 Å². The molecule has 3 rings (SSSR count). The number of carbonyl (C=O) groups is 2. The van der Waals surface area contributed by atoms with Gasteiger partial charge < -0.3 is 10.4 Å². The summed E-state index contributed by atoms with van der Waals surface area (Å²) in [5.41, 5.74) is 0.202. The monoisotopic (exact) mass is 396 g/mol. The Hall–Kier alpha value is -2.52. The molecule has 142 valence electrons. The maximum Gasteiger partial charge on any atom is 0.429 e. The van der Waals surface area contributed by atoms with Crippen molar-refractivity contribution >= 4 is 35.0 Å². The van der Waals surface area contributed by atoms with Gasteiger partial charge in [-0.25, -0.2) is 0 Å². The van der Waals surface area contributed by atoms with Crippen LogP contribution in [0.25, 0.3) is 0 Å². The molecule has 0 saturated heterocycles. The molecule has 2 atom stereocenters. The number of rotatable bonds is 2. The summed E-state index contributed by atoms with van der Waals surface area (Å²) in [5.74, 6) is -1.94. The number of hydrogen-bond donors (Lipinski definition) is 2. The quantitative estimate of drug-likeness (QED) is 0.816. The van der Waals surface area contributed by atoms with Crippen molar-refractivity contribution in [1.29, 1.82) is 0 Å². The van der Waals surface area contributed by atoms with Crippen molar-refractivity contribution in [3.63, 3.8) is 0 Å². The van der Waals surface area contributed by atoms with Crippen LogP contribution in [0.5, 0.6) is 0 Å². The first-order valence-corrected chi connectivity index (χ1v) is 8.69. The van der Waals surface area contributed by atoms with E-state index in [-0.39, 0.29) is 28.0 Å². The Balaban J connectivity index is 2.21. The number of thioether (sulfide) groups is 1. The zero-order valence-corrected chi connectivity index (χ0v) is 14.8. The Kier molecular flexibility index (Phi) is 4.92. The van der Waals surface area contributed by atoms with Crippen LogP contribution in [0.4, 0.5) is 24.5 Å². The minimum atomic E-state index is -5.19. The van der Waals surface area contributed by atoms with E-state index in [0.717, 1.165) is 6.92 Å². The number of nitrogens with zero attached hydrogens (tertiary/aromatic N) is 1. The highest BCUT2D eigenvalue weighted by Crippen LogP contribution is 2.51. The van der Waals surface area contributed by atoms with Crippen molar-refractivity contribution < 1.29 is 27.9 Å². The minimum absolute atomic E-state index is 0.0461. The van der Waals surface area contributed by atoms with Crippen LogP contribution in [0, 0.1) is 0 Å². The summed E-state index contributed by atoms with van der Waals surface area (Å²) in [7, 11) is 0. The van der Waals surface area contributed by atoms with Gasteiger partial charge in [0.05, 0.1) is 5.69 Å². The Morgan fingerprint density at radius 3 is 2.33 bits per heavy atom. The average molecular weight is 396 g/mol. The number of halogens is 3. The zero-order valence-electron chi connectivity index (χ0n) is 14.0. The molecule has 5 nitrogen and oxygen atoms in total. The third-order valence-corrected chi connectivity index (χ3v) is 5.41. The first-order chi connectivity index (χ1) is 12.6. The van der Waals surface area contributed by atoms with Gasteiger partial charge in [-0.1, -0.05) is 42.1 Å². The Morgan fingerprint density at radius 2 is 1.74 bits per heavy atom. The summed E-state index contributed by atoms with van der Waals surface area (Å²) in [6, 6.07) is 11.1. The smallest absolute Gasteiger partial charge is 0.369 e. The molecule has 0 saturated carbocycles. The van der Waals surface area contributed by atoms with Crippen molar-refractivity contribution in [3.8, 4) is 0 Å². The van der Waals surface area contributed by atoms with Gasteiger partial charge in [0.25, 0.3) is 5.91 Å². The minimum Gasteiger partial charge on any atom is -0.369 e. The number of amides is 2. The molecule has 0 aromatic heterocycles. The number of anilines is 2. The van der Waals surface area contributed by atoms with Crippen LogP contribution in [0.3, 0.4) is 0 Å². The number of fused-ring (bicyclic) bond motifs is 1. The van der Waals surface area contributed by atoms with E-state index in [0.29, 0.717) is 4.90 Å². The van der Waals surface area contributed by atoms with E-state index in [4.69, 9.17) is 0 Å². The molecule has 2 amide bonds. The highest BCUT2D eigenvalue weighted by Gasteiger charge is 2.65. The maximum atomic E-state index is 14.0. The summed E-state index contributed by atoms with van der Waals surface area (Å²) in [6.07, 6.45) is -5.19. The van der Waals surface area contributed by atoms with Crippen LogP contribution in [0.1, 0.15) is 6.92 Å². The van der Waals surface area contributed by atoms with Gasteiger partial charge in [0.1, 0.15) is 0 Å². The summed E-state index contributed by atoms with van der Waals surface area (Å²) >= 11 is 0.0927. The van der Waals surface area contributed by atoms with Crippen molar-refractivity contribution in [2.45, 2.75) is 29.0 Å². The average Bonchev–Trinajstić information content (AvgIpc) is 2.71. The molecule has 2 N–H and O–H groups in total. The largest absolute Gasteiger partial charge is 0.429 e. The lowest BCUT2D eigenvalue weighted by Gasteiger charge is -2.40. The molecule has 2 aromatic carbocycles. The number of hydrogen-bond acceptors (Lipinski definition) is 4. The van der Waals surface area contributed by atoms with Crippen LogP contribution >= 0.6 is 11.8 Å². The van der Waals surface area contributed by atoms with Crippen molar-refractivity contribution in [2.24, 2.45) is 0 Å². The van der Waals surface area contributed by atoms with Gasteiger partial charge >= 0.3 is 6.18 Å². The van der Waals surface area contributed by atoms with E-state index in [1.54, 1.807) is 12.1 Å². The fourth-order valence-corrected chi connectivity index (χ4v) is 4.02. The highest BCUT2D eigenvalue weighted by molar-refractivity contribution is 8.00. The molecular weight excluding hydrogens is 381 g/mol. The van der Waals surface area contributed by atoms with Crippen LogP contribution in [0.2, 0.25) is 0 Å². The van der Waals surface area contributed by atoms with Crippen LogP contribution < -0.4 is 10.2 Å². The molecule has 0 bridgehead atoms.